The summed E-state index contributed by atoms with van der Waals surface area (Å²) in [7, 11) is 3.75. The molecule has 4 heterocycles. The number of nitrogens with zero attached hydrogens (tertiary/aromatic N) is 6. The van der Waals surface area contributed by atoms with Crippen LogP contribution in [0.1, 0.15) is 54.6 Å². The molecule has 0 aromatic carbocycles. The maximum absolute atomic E-state index is 13.2. The Hall–Kier alpha value is -3.08. The summed E-state index contributed by atoms with van der Waals surface area (Å²) >= 11 is 0. The molecular formula is C27H37N7O3. The Bertz CT molecular complexity index is 1230. The van der Waals surface area contributed by atoms with Gasteiger partial charge in [0.15, 0.2) is 0 Å². The maximum atomic E-state index is 13.2. The van der Waals surface area contributed by atoms with E-state index in [1.54, 1.807) is 19.5 Å². The molecule has 2 fully saturated rings. The van der Waals surface area contributed by atoms with Gasteiger partial charge in [0.05, 0.1) is 30.0 Å². The monoisotopic (exact) mass is 507 g/mol. The maximum Gasteiger partial charge on any atom is 0.255 e. The van der Waals surface area contributed by atoms with E-state index in [9.17, 15) is 9.90 Å². The standard InChI is InChI=1S/C27H37N7O3/c1-18(17-37-3)30-27-29-16-25-23(13-24(34(25)31-27)19-4-6-22(35)7-5-19)20-12-21(15-28-14-20)26(36)33-10-8-32(2)9-11-33/h12-16,18-19,22,35H,4-11,17H2,1-3H3,(H,30,31)/t18-,19-,22-/m0/s1. The number of nitrogens with one attached hydrogen (secondary N) is 1. The molecule has 5 rings (SSSR count). The number of anilines is 1. The first-order chi connectivity index (χ1) is 17.9. The number of aliphatic hydroxyl groups excluding tert-OH is 1. The van der Waals surface area contributed by atoms with Crippen molar-refractivity contribution in [2.75, 3.05) is 52.3 Å². The first-order valence-corrected chi connectivity index (χ1v) is 13.2. The highest BCUT2D eigenvalue weighted by Gasteiger charge is 2.26. The lowest BCUT2D eigenvalue weighted by Crippen LogP contribution is -2.47. The number of rotatable bonds is 7. The zero-order chi connectivity index (χ0) is 25.9. The van der Waals surface area contributed by atoms with Gasteiger partial charge in [-0.25, -0.2) is 9.50 Å². The number of piperazine rings is 1. The number of amides is 1. The zero-order valence-corrected chi connectivity index (χ0v) is 21.9. The Morgan fingerprint density at radius 1 is 1.14 bits per heavy atom. The van der Waals surface area contributed by atoms with Crippen LogP contribution in [0.2, 0.25) is 0 Å². The van der Waals surface area contributed by atoms with Crippen LogP contribution in [0.15, 0.2) is 30.7 Å². The van der Waals surface area contributed by atoms with Crippen molar-refractivity contribution in [3.05, 3.63) is 42.0 Å². The summed E-state index contributed by atoms with van der Waals surface area (Å²) in [5.74, 6) is 0.836. The fourth-order valence-corrected chi connectivity index (χ4v) is 5.38. The summed E-state index contributed by atoms with van der Waals surface area (Å²) in [5, 5.41) is 18.2. The van der Waals surface area contributed by atoms with Crippen LogP contribution in [0.4, 0.5) is 5.95 Å². The summed E-state index contributed by atoms with van der Waals surface area (Å²) in [4.78, 5) is 26.4. The van der Waals surface area contributed by atoms with Gasteiger partial charge < -0.3 is 25.0 Å². The second-order valence-corrected chi connectivity index (χ2v) is 10.4. The Morgan fingerprint density at radius 3 is 2.62 bits per heavy atom. The van der Waals surface area contributed by atoms with Crippen molar-refractivity contribution < 1.29 is 14.6 Å². The third-order valence-corrected chi connectivity index (χ3v) is 7.54. The summed E-state index contributed by atoms with van der Waals surface area (Å²) < 4.78 is 7.22. The van der Waals surface area contributed by atoms with Crippen molar-refractivity contribution in [2.45, 2.75) is 50.7 Å². The van der Waals surface area contributed by atoms with Crippen LogP contribution >= 0.6 is 0 Å². The first-order valence-electron chi connectivity index (χ1n) is 13.2. The van der Waals surface area contributed by atoms with Crippen LogP contribution in [-0.2, 0) is 4.74 Å². The van der Waals surface area contributed by atoms with Gasteiger partial charge in [0.2, 0.25) is 5.95 Å². The average molecular weight is 508 g/mol. The molecule has 0 spiro atoms. The molecule has 0 unspecified atom stereocenters. The zero-order valence-electron chi connectivity index (χ0n) is 21.9. The Balaban J connectivity index is 1.50. The minimum atomic E-state index is -0.231. The molecule has 10 nitrogen and oxygen atoms in total. The van der Waals surface area contributed by atoms with Crippen LogP contribution in [0.3, 0.4) is 0 Å². The SMILES string of the molecule is COC[C@H](C)Nc1ncc2c(-c3cncc(C(=O)N4CCN(C)CC4)c3)cc([C@H]3CC[C@H](O)CC3)n2n1. The van der Waals surface area contributed by atoms with Crippen molar-refractivity contribution in [2.24, 2.45) is 0 Å². The number of carbonyl (C=O) groups is 1. The molecule has 0 radical (unpaired) electrons. The number of aliphatic hydroxyl groups is 1. The lowest BCUT2D eigenvalue weighted by molar-refractivity contribution is 0.0663. The number of hydrogen-bond donors (Lipinski definition) is 2. The summed E-state index contributed by atoms with van der Waals surface area (Å²) in [5.41, 5.74) is 4.39. The smallest absolute Gasteiger partial charge is 0.255 e. The van der Waals surface area contributed by atoms with Gasteiger partial charge in [0.1, 0.15) is 0 Å². The predicted octanol–water partition coefficient (Wildman–Crippen LogP) is 2.64. The topological polar surface area (TPSA) is 108 Å². The van der Waals surface area contributed by atoms with Crippen molar-refractivity contribution in [1.29, 1.82) is 0 Å². The predicted molar refractivity (Wildman–Crippen MR) is 142 cm³/mol. The number of carbonyl (C=O) groups excluding carboxylic acids is 1. The van der Waals surface area contributed by atoms with E-state index in [2.05, 4.69) is 33.3 Å². The largest absolute Gasteiger partial charge is 0.393 e. The molecule has 2 aliphatic rings. The molecule has 10 heteroatoms. The van der Waals surface area contributed by atoms with E-state index in [1.807, 2.05) is 28.6 Å². The number of ether oxygens (including phenoxy) is 1. The van der Waals surface area contributed by atoms with Crippen LogP contribution < -0.4 is 5.32 Å². The first kappa shape index (κ1) is 25.6. The van der Waals surface area contributed by atoms with Gasteiger partial charge in [-0.3, -0.25) is 9.78 Å². The van der Waals surface area contributed by atoms with Crippen LogP contribution in [-0.4, -0.2) is 99.5 Å². The second kappa shape index (κ2) is 11.1. The fraction of sp³-hybridized carbons (Fsp3) is 0.556. The summed E-state index contributed by atoms with van der Waals surface area (Å²) in [6.45, 7) is 5.76. The van der Waals surface area contributed by atoms with E-state index in [1.165, 1.54) is 0 Å². The highest BCUT2D eigenvalue weighted by atomic mass is 16.5. The molecule has 1 aliphatic heterocycles. The molecule has 1 saturated carbocycles. The highest BCUT2D eigenvalue weighted by Crippen LogP contribution is 2.37. The van der Waals surface area contributed by atoms with Crippen molar-refractivity contribution >= 4 is 17.4 Å². The van der Waals surface area contributed by atoms with E-state index >= 15 is 0 Å². The van der Waals surface area contributed by atoms with Gasteiger partial charge in [-0.1, -0.05) is 0 Å². The number of likely N-dealkylation sites (N-methyl/N-ethyl adjacent to an activating group) is 1. The van der Waals surface area contributed by atoms with E-state index in [0.29, 0.717) is 18.1 Å². The second-order valence-electron chi connectivity index (χ2n) is 10.4. The Morgan fingerprint density at radius 2 is 1.89 bits per heavy atom. The number of pyridine rings is 1. The minimum absolute atomic E-state index is 0.0160. The normalized spacial score (nSPS) is 21.8. The Kier molecular flexibility index (Phi) is 7.68. The number of hydrogen-bond acceptors (Lipinski definition) is 8. The lowest BCUT2D eigenvalue weighted by Gasteiger charge is -2.32. The van der Waals surface area contributed by atoms with Gasteiger partial charge in [-0.05, 0) is 51.8 Å². The summed E-state index contributed by atoms with van der Waals surface area (Å²) in [6, 6.07) is 4.16. The van der Waals surface area contributed by atoms with E-state index in [4.69, 9.17) is 9.84 Å². The van der Waals surface area contributed by atoms with Gasteiger partial charge in [-0.2, -0.15) is 0 Å². The molecular weight excluding hydrogens is 470 g/mol. The molecule has 1 saturated heterocycles. The molecule has 3 aromatic rings. The number of aromatic nitrogens is 4. The molecule has 0 bridgehead atoms. The van der Waals surface area contributed by atoms with Gasteiger partial charge in [-0.15, -0.1) is 5.10 Å². The van der Waals surface area contributed by atoms with Gasteiger partial charge >= 0.3 is 0 Å². The van der Waals surface area contributed by atoms with E-state index in [0.717, 1.165) is 74.2 Å². The quantitative estimate of drug-likeness (QED) is 0.503. The fourth-order valence-electron chi connectivity index (χ4n) is 5.38. The van der Waals surface area contributed by atoms with Gasteiger partial charge in [0.25, 0.3) is 5.91 Å². The lowest BCUT2D eigenvalue weighted by atomic mass is 9.85. The highest BCUT2D eigenvalue weighted by molar-refractivity contribution is 5.96. The van der Waals surface area contributed by atoms with Gasteiger partial charge in [0, 0.05) is 74.5 Å². The molecule has 2 N–H and O–H groups in total. The van der Waals surface area contributed by atoms with Crippen molar-refractivity contribution in [1.82, 2.24) is 29.4 Å². The van der Waals surface area contributed by atoms with Crippen molar-refractivity contribution in [3.63, 3.8) is 0 Å². The minimum Gasteiger partial charge on any atom is -0.393 e. The van der Waals surface area contributed by atoms with E-state index < -0.39 is 0 Å². The number of methoxy groups -OCH3 is 1. The molecule has 1 atom stereocenters. The molecule has 198 valence electrons. The summed E-state index contributed by atoms with van der Waals surface area (Å²) in [6.07, 6.45) is 8.43. The third-order valence-electron chi connectivity index (χ3n) is 7.54. The average Bonchev–Trinajstić information content (AvgIpc) is 3.28. The molecule has 1 aliphatic carbocycles. The van der Waals surface area contributed by atoms with Crippen LogP contribution in [0.25, 0.3) is 16.6 Å². The van der Waals surface area contributed by atoms with E-state index in [-0.39, 0.29) is 24.0 Å². The number of fused-ring (bicyclic) bond motifs is 1. The Labute approximate surface area is 217 Å². The molecule has 37 heavy (non-hydrogen) atoms. The molecule has 1 amide bonds. The van der Waals surface area contributed by atoms with Crippen molar-refractivity contribution in [3.8, 4) is 11.1 Å². The third kappa shape index (κ3) is 5.61. The molecule has 3 aromatic heterocycles. The van der Waals surface area contributed by atoms with Crippen LogP contribution in [0.5, 0.6) is 0 Å². The van der Waals surface area contributed by atoms with Crippen LogP contribution in [0, 0.1) is 0 Å².